The van der Waals surface area contributed by atoms with Gasteiger partial charge in [0.15, 0.2) is 0 Å². The van der Waals surface area contributed by atoms with Gasteiger partial charge in [-0.05, 0) is 39.0 Å². The van der Waals surface area contributed by atoms with Crippen LogP contribution < -0.4 is 5.56 Å². The molecular weight excluding hydrogens is 345 g/mol. The summed E-state index contributed by atoms with van der Waals surface area (Å²) < 4.78 is 14.9. The molecule has 0 amide bonds. The summed E-state index contributed by atoms with van der Waals surface area (Å²) in [5, 5.41) is 10.6. The molecule has 0 aliphatic carbocycles. The molecule has 0 fully saturated rings. The molecule has 1 atom stereocenters. The highest BCUT2D eigenvalue weighted by molar-refractivity contribution is 6.30. The summed E-state index contributed by atoms with van der Waals surface area (Å²) in [6.45, 7) is 4.96. The second kappa shape index (κ2) is 6.20. The zero-order valence-electron chi connectivity index (χ0n) is 14.0. The van der Waals surface area contributed by atoms with Crippen LogP contribution in [0.3, 0.4) is 0 Å². The number of pyridine rings is 1. The van der Waals surface area contributed by atoms with Crippen molar-refractivity contribution in [2.45, 2.75) is 32.4 Å². The van der Waals surface area contributed by atoms with E-state index < -0.39 is 17.5 Å². The van der Waals surface area contributed by atoms with Gasteiger partial charge in [0.25, 0.3) is 5.56 Å². The molecule has 3 aromatic rings. The molecule has 0 aliphatic rings. The highest BCUT2D eigenvalue weighted by Crippen LogP contribution is 2.27. The summed E-state index contributed by atoms with van der Waals surface area (Å²) in [4.78, 5) is 21.4. The third kappa shape index (κ3) is 3.27. The van der Waals surface area contributed by atoms with Gasteiger partial charge in [-0.1, -0.05) is 23.7 Å². The van der Waals surface area contributed by atoms with Crippen molar-refractivity contribution in [1.82, 2.24) is 14.5 Å². The second-order valence-corrected chi connectivity index (χ2v) is 6.87. The van der Waals surface area contributed by atoms with E-state index >= 15 is 0 Å². The van der Waals surface area contributed by atoms with Gasteiger partial charge in [0.1, 0.15) is 16.5 Å². The van der Waals surface area contributed by atoms with E-state index in [0.29, 0.717) is 16.8 Å². The first kappa shape index (κ1) is 17.5. The van der Waals surface area contributed by atoms with Crippen LogP contribution in [0.5, 0.6) is 0 Å². The van der Waals surface area contributed by atoms with Crippen molar-refractivity contribution in [2.75, 3.05) is 0 Å². The third-order valence-corrected chi connectivity index (χ3v) is 4.47. The second-order valence-electron chi connectivity index (χ2n) is 6.49. The van der Waals surface area contributed by atoms with Crippen molar-refractivity contribution < 1.29 is 9.50 Å². The Balaban J connectivity index is 2.30. The van der Waals surface area contributed by atoms with E-state index in [4.69, 9.17) is 11.6 Å². The predicted octanol–water partition coefficient (Wildman–Crippen LogP) is 3.58. The molecule has 1 N–H and O–H groups in total. The fraction of sp³-hybridized carbons (Fsp3) is 0.278. The van der Waals surface area contributed by atoms with Gasteiger partial charge in [-0.15, -0.1) is 0 Å². The zero-order chi connectivity index (χ0) is 18.4. The van der Waals surface area contributed by atoms with E-state index in [9.17, 15) is 14.3 Å². The number of nitrogens with zero attached hydrogens (tertiary/aromatic N) is 3. The van der Waals surface area contributed by atoms with Gasteiger partial charge in [0, 0.05) is 5.56 Å². The molecule has 0 bridgehead atoms. The van der Waals surface area contributed by atoms with Crippen LogP contribution >= 0.6 is 11.6 Å². The number of aliphatic hydroxyl groups is 1. The molecule has 0 spiro atoms. The lowest BCUT2D eigenvalue weighted by Gasteiger charge is -2.27. The summed E-state index contributed by atoms with van der Waals surface area (Å²) in [7, 11) is 0. The van der Waals surface area contributed by atoms with Gasteiger partial charge >= 0.3 is 0 Å². The van der Waals surface area contributed by atoms with Crippen molar-refractivity contribution >= 4 is 22.5 Å². The number of aromatic nitrogens is 3. The molecule has 25 heavy (non-hydrogen) atoms. The van der Waals surface area contributed by atoms with E-state index in [2.05, 4.69) is 9.97 Å². The molecular formula is C18H17ClFN3O2. The summed E-state index contributed by atoms with van der Waals surface area (Å²) in [5.74, 6) is -0.420. The minimum Gasteiger partial charge on any atom is -0.388 e. The Hall–Kier alpha value is -2.31. The molecule has 5 nitrogen and oxygen atoms in total. The van der Waals surface area contributed by atoms with Crippen molar-refractivity contribution in [3.05, 3.63) is 58.0 Å². The minimum atomic E-state index is -1.11. The molecule has 1 aromatic carbocycles. The Bertz CT molecular complexity index is 1010. The molecule has 0 saturated heterocycles. The van der Waals surface area contributed by atoms with Crippen LogP contribution in [0, 0.1) is 5.82 Å². The van der Waals surface area contributed by atoms with Gasteiger partial charge in [-0.25, -0.2) is 14.4 Å². The third-order valence-electron chi connectivity index (χ3n) is 4.28. The first-order valence-corrected chi connectivity index (χ1v) is 8.12. The topological polar surface area (TPSA) is 68.0 Å². The summed E-state index contributed by atoms with van der Waals surface area (Å²) in [5.41, 5.74) is -0.308. The molecule has 2 aromatic heterocycles. The van der Waals surface area contributed by atoms with E-state index in [1.54, 1.807) is 32.9 Å². The first-order chi connectivity index (χ1) is 11.7. The molecule has 0 unspecified atom stereocenters. The summed E-state index contributed by atoms with van der Waals surface area (Å²) in [6.07, 6.45) is 1.37. The highest BCUT2D eigenvalue weighted by Gasteiger charge is 2.26. The van der Waals surface area contributed by atoms with Gasteiger partial charge < -0.3 is 5.11 Å². The Morgan fingerprint density at radius 1 is 1.32 bits per heavy atom. The van der Waals surface area contributed by atoms with Gasteiger partial charge in [-0.3, -0.25) is 9.36 Å². The predicted molar refractivity (Wildman–Crippen MR) is 95.2 cm³/mol. The van der Waals surface area contributed by atoms with Gasteiger partial charge in [0.2, 0.25) is 0 Å². The zero-order valence-corrected chi connectivity index (χ0v) is 14.8. The highest BCUT2D eigenvalue weighted by atomic mass is 35.5. The molecule has 0 aliphatic heterocycles. The van der Waals surface area contributed by atoms with E-state index in [-0.39, 0.29) is 16.1 Å². The number of halogens is 2. The van der Waals surface area contributed by atoms with E-state index in [1.165, 1.54) is 29.1 Å². The molecule has 0 saturated carbocycles. The summed E-state index contributed by atoms with van der Waals surface area (Å²) in [6, 6.07) is 6.79. The van der Waals surface area contributed by atoms with Crippen molar-refractivity contribution in [2.24, 2.45) is 0 Å². The lowest BCUT2D eigenvalue weighted by Crippen LogP contribution is -2.37. The van der Waals surface area contributed by atoms with E-state index in [0.717, 1.165) is 0 Å². The Kier molecular flexibility index (Phi) is 4.34. The first-order valence-electron chi connectivity index (χ1n) is 7.74. The van der Waals surface area contributed by atoms with Crippen LogP contribution in [0.15, 0.2) is 41.5 Å². The Labute approximate surface area is 148 Å². The standard InChI is InChI=1S/C18H17ClFN3O2/c1-10(18(2,3)25)23-9-21-16-13(17(23)24)8-14(19)22-15(16)11-5-4-6-12(20)7-11/h4-10,25H,1-3H3/t10-/m1/s1. The minimum absolute atomic E-state index is 0.110. The maximum absolute atomic E-state index is 13.6. The Morgan fingerprint density at radius 3 is 2.68 bits per heavy atom. The average molecular weight is 362 g/mol. The number of hydrogen-bond acceptors (Lipinski definition) is 4. The molecule has 2 heterocycles. The quantitative estimate of drug-likeness (QED) is 0.724. The van der Waals surface area contributed by atoms with Crippen LogP contribution in [0.2, 0.25) is 5.15 Å². The molecule has 3 rings (SSSR count). The monoisotopic (exact) mass is 361 g/mol. The number of fused-ring (bicyclic) bond motifs is 1. The number of benzene rings is 1. The van der Waals surface area contributed by atoms with Gasteiger partial charge in [0.05, 0.1) is 29.1 Å². The van der Waals surface area contributed by atoms with Crippen LogP contribution in [0.25, 0.3) is 22.2 Å². The SMILES string of the molecule is C[C@@H](n1cnc2c(-c3cccc(F)c3)nc(Cl)cc2c1=O)C(C)(C)O. The Morgan fingerprint density at radius 2 is 2.04 bits per heavy atom. The molecule has 130 valence electrons. The smallest absolute Gasteiger partial charge is 0.261 e. The fourth-order valence-electron chi connectivity index (χ4n) is 2.57. The fourth-order valence-corrected chi connectivity index (χ4v) is 2.76. The normalized spacial score (nSPS) is 13.2. The van der Waals surface area contributed by atoms with Crippen LogP contribution in [0.1, 0.15) is 26.8 Å². The van der Waals surface area contributed by atoms with Crippen molar-refractivity contribution in [1.29, 1.82) is 0 Å². The van der Waals surface area contributed by atoms with Crippen molar-refractivity contribution in [3.8, 4) is 11.3 Å². The van der Waals surface area contributed by atoms with Crippen LogP contribution in [-0.4, -0.2) is 25.2 Å². The largest absolute Gasteiger partial charge is 0.388 e. The lowest BCUT2D eigenvalue weighted by molar-refractivity contribution is 0.0290. The van der Waals surface area contributed by atoms with E-state index in [1.807, 2.05) is 0 Å². The maximum atomic E-state index is 13.6. The number of hydrogen-bond donors (Lipinski definition) is 1. The molecule has 0 radical (unpaired) electrons. The lowest BCUT2D eigenvalue weighted by atomic mass is 10.0. The average Bonchev–Trinajstić information content (AvgIpc) is 2.53. The van der Waals surface area contributed by atoms with Crippen LogP contribution in [-0.2, 0) is 0 Å². The van der Waals surface area contributed by atoms with Gasteiger partial charge in [-0.2, -0.15) is 0 Å². The van der Waals surface area contributed by atoms with Crippen molar-refractivity contribution in [3.63, 3.8) is 0 Å². The van der Waals surface area contributed by atoms with Crippen LogP contribution in [0.4, 0.5) is 4.39 Å². The summed E-state index contributed by atoms with van der Waals surface area (Å²) >= 11 is 6.08. The molecule has 7 heteroatoms. The maximum Gasteiger partial charge on any atom is 0.261 e. The number of rotatable bonds is 3.